The average Bonchev–Trinajstić information content (AvgIpc) is 2.19. The predicted molar refractivity (Wildman–Crippen MR) is 62.5 cm³/mol. The zero-order valence-electron chi connectivity index (χ0n) is 8.64. The van der Waals surface area contributed by atoms with Gasteiger partial charge in [-0.05, 0) is 18.1 Å². The number of benzene rings is 1. The van der Waals surface area contributed by atoms with Gasteiger partial charge in [-0.25, -0.2) is 0 Å². The molecule has 0 heterocycles. The van der Waals surface area contributed by atoms with E-state index in [2.05, 4.69) is 46.4 Å². The lowest BCUT2D eigenvalue weighted by molar-refractivity contribution is 0.199. The number of aryl methyl sites for hydroxylation is 1. The van der Waals surface area contributed by atoms with Gasteiger partial charge < -0.3 is 10.1 Å². The summed E-state index contributed by atoms with van der Waals surface area (Å²) in [7, 11) is 1.71. The molecule has 0 aromatic heterocycles. The van der Waals surface area contributed by atoms with Crippen LogP contribution in [0.2, 0.25) is 0 Å². The molecule has 1 aromatic rings. The van der Waals surface area contributed by atoms with Crippen molar-refractivity contribution >= 4 is 15.9 Å². The van der Waals surface area contributed by atoms with Crippen molar-refractivity contribution in [3.05, 3.63) is 33.8 Å². The van der Waals surface area contributed by atoms with Crippen molar-refractivity contribution < 1.29 is 4.74 Å². The van der Waals surface area contributed by atoms with Gasteiger partial charge in [0.1, 0.15) is 0 Å². The molecule has 1 aromatic carbocycles. The summed E-state index contributed by atoms with van der Waals surface area (Å²) in [6.45, 7) is 4.62. The highest BCUT2D eigenvalue weighted by Gasteiger charge is 2.00. The van der Waals surface area contributed by atoms with E-state index in [-0.39, 0.29) is 0 Å². The quantitative estimate of drug-likeness (QED) is 0.819. The van der Waals surface area contributed by atoms with Crippen LogP contribution in [0.25, 0.3) is 0 Å². The Morgan fingerprint density at radius 1 is 1.43 bits per heavy atom. The van der Waals surface area contributed by atoms with Gasteiger partial charge in [-0.1, -0.05) is 34.1 Å². The molecule has 0 unspecified atom stereocenters. The van der Waals surface area contributed by atoms with Gasteiger partial charge in [-0.3, -0.25) is 0 Å². The van der Waals surface area contributed by atoms with Crippen LogP contribution in [0.5, 0.6) is 0 Å². The minimum absolute atomic E-state index is 0.753. The Morgan fingerprint density at radius 2 is 2.21 bits per heavy atom. The number of hydrogen-bond donors (Lipinski definition) is 1. The molecule has 0 saturated carbocycles. The smallest absolute Gasteiger partial charge is 0.0587 e. The third kappa shape index (κ3) is 3.40. The second kappa shape index (κ2) is 6.17. The van der Waals surface area contributed by atoms with Gasteiger partial charge in [0.15, 0.2) is 0 Å². The second-order valence-corrected chi connectivity index (χ2v) is 4.01. The van der Waals surface area contributed by atoms with E-state index in [0.717, 1.165) is 19.7 Å². The van der Waals surface area contributed by atoms with Gasteiger partial charge in [0.25, 0.3) is 0 Å². The summed E-state index contributed by atoms with van der Waals surface area (Å²) in [6, 6.07) is 6.30. The number of methoxy groups -OCH3 is 1. The zero-order valence-corrected chi connectivity index (χ0v) is 10.2. The van der Waals surface area contributed by atoms with E-state index in [1.54, 1.807) is 7.11 Å². The highest BCUT2D eigenvalue weighted by Crippen LogP contribution is 2.20. The fraction of sp³-hybridized carbons (Fsp3) is 0.455. The molecule has 0 aliphatic rings. The van der Waals surface area contributed by atoms with Crippen LogP contribution in [0.1, 0.15) is 11.1 Å². The first kappa shape index (κ1) is 11.7. The molecular formula is C11H16BrNO. The molecule has 0 fully saturated rings. The molecule has 3 heteroatoms. The van der Waals surface area contributed by atoms with Crippen molar-refractivity contribution in [1.29, 1.82) is 0 Å². The lowest BCUT2D eigenvalue weighted by Crippen LogP contribution is -2.18. The van der Waals surface area contributed by atoms with E-state index in [9.17, 15) is 0 Å². The maximum absolute atomic E-state index is 4.96. The van der Waals surface area contributed by atoms with E-state index in [0.29, 0.717) is 0 Å². The van der Waals surface area contributed by atoms with E-state index in [1.165, 1.54) is 15.6 Å². The molecular weight excluding hydrogens is 242 g/mol. The average molecular weight is 258 g/mol. The van der Waals surface area contributed by atoms with Crippen molar-refractivity contribution in [2.45, 2.75) is 13.5 Å². The molecule has 0 amide bonds. The molecule has 0 atom stereocenters. The third-order valence-corrected chi connectivity index (χ3v) is 3.20. The van der Waals surface area contributed by atoms with Crippen molar-refractivity contribution in [3.8, 4) is 0 Å². The Bertz CT molecular complexity index is 289. The van der Waals surface area contributed by atoms with Crippen LogP contribution >= 0.6 is 15.9 Å². The van der Waals surface area contributed by atoms with Crippen molar-refractivity contribution in [3.63, 3.8) is 0 Å². The van der Waals surface area contributed by atoms with Gasteiger partial charge in [0.05, 0.1) is 6.61 Å². The van der Waals surface area contributed by atoms with Gasteiger partial charge in [0, 0.05) is 24.7 Å². The number of rotatable bonds is 5. The third-order valence-electron chi connectivity index (χ3n) is 2.07. The maximum atomic E-state index is 4.96. The van der Waals surface area contributed by atoms with Gasteiger partial charge in [-0.2, -0.15) is 0 Å². The maximum Gasteiger partial charge on any atom is 0.0587 e. The van der Waals surface area contributed by atoms with Gasteiger partial charge >= 0.3 is 0 Å². The molecule has 0 spiro atoms. The summed E-state index contributed by atoms with van der Waals surface area (Å²) in [5, 5.41) is 3.32. The Balaban J connectivity index is 2.46. The normalized spacial score (nSPS) is 10.5. The van der Waals surface area contributed by atoms with Crippen LogP contribution < -0.4 is 5.32 Å². The lowest BCUT2D eigenvalue weighted by Gasteiger charge is -2.08. The van der Waals surface area contributed by atoms with Crippen molar-refractivity contribution in [2.75, 3.05) is 20.3 Å². The lowest BCUT2D eigenvalue weighted by atomic mass is 10.1. The second-order valence-electron chi connectivity index (χ2n) is 3.22. The largest absolute Gasteiger partial charge is 0.383 e. The van der Waals surface area contributed by atoms with E-state index in [4.69, 9.17) is 4.74 Å². The molecule has 0 aliphatic heterocycles. The Kier molecular flexibility index (Phi) is 5.15. The fourth-order valence-electron chi connectivity index (χ4n) is 1.24. The molecule has 1 rings (SSSR count). The van der Waals surface area contributed by atoms with Crippen LogP contribution in [0.4, 0.5) is 0 Å². The van der Waals surface area contributed by atoms with Crippen LogP contribution in [0, 0.1) is 6.92 Å². The van der Waals surface area contributed by atoms with Gasteiger partial charge in [-0.15, -0.1) is 0 Å². The van der Waals surface area contributed by atoms with Crippen LogP contribution in [-0.2, 0) is 11.3 Å². The zero-order chi connectivity index (χ0) is 10.4. The summed E-state index contributed by atoms with van der Waals surface area (Å²) in [4.78, 5) is 0. The summed E-state index contributed by atoms with van der Waals surface area (Å²) >= 11 is 3.58. The van der Waals surface area contributed by atoms with E-state index in [1.807, 2.05) is 0 Å². The summed E-state index contributed by atoms with van der Waals surface area (Å²) in [5.74, 6) is 0. The molecule has 0 aliphatic carbocycles. The standard InChI is InChI=1S/C11H16BrNO/c1-9-4-3-5-10(11(9)12)8-13-6-7-14-2/h3-5,13H,6-8H2,1-2H3. The molecule has 78 valence electrons. The van der Waals surface area contributed by atoms with Crippen LogP contribution in [-0.4, -0.2) is 20.3 Å². The minimum Gasteiger partial charge on any atom is -0.383 e. The topological polar surface area (TPSA) is 21.3 Å². The molecule has 0 saturated heterocycles. The van der Waals surface area contributed by atoms with Crippen molar-refractivity contribution in [2.24, 2.45) is 0 Å². The molecule has 14 heavy (non-hydrogen) atoms. The molecule has 2 nitrogen and oxygen atoms in total. The van der Waals surface area contributed by atoms with E-state index < -0.39 is 0 Å². The Labute approximate surface area is 93.8 Å². The van der Waals surface area contributed by atoms with Crippen LogP contribution in [0.15, 0.2) is 22.7 Å². The monoisotopic (exact) mass is 257 g/mol. The Morgan fingerprint density at radius 3 is 2.93 bits per heavy atom. The van der Waals surface area contributed by atoms with Gasteiger partial charge in [0.2, 0.25) is 0 Å². The number of halogens is 1. The number of hydrogen-bond acceptors (Lipinski definition) is 2. The van der Waals surface area contributed by atoms with Crippen molar-refractivity contribution in [1.82, 2.24) is 5.32 Å². The predicted octanol–water partition coefficient (Wildman–Crippen LogP) is 2.49. The SMILES string of the molecule is COCCNCc1cccc(C)c1Br. The molecule has 0 radical (unpaired) electrons. The highest BCUT2D eigenvalue weighted by atomic mass is 79.9. The summed E-state index contributed by atoms with van der Waals surface area (Å²) in [6.07, 6.45) is 0. The first-order valence-electron chi connectivity index (χ1n) is 4.69. The highest BCUT2D eigenvalue weighted by molar-refractivity contribution is 9.10. The number of nitrogens with one attached hydrogen (secondary N) is 1. The van der Waals surface area contributed by atoms with E-state index >= 15 is 0 Å². The van der Waals surface area contributed by atoms with Crippen LogP contribution in [0.3, 0.4) is 0 Å². The number of ether oxygens (including phenoxy) is 1. The fourth-order valence-corrected chi connectivity index (χ4v) is 1.65. The summed E-state index contributed by atoms with van der Waals surface area (Å²) in [5.41, 5.74) is 2.57. The first-order valence-corrected chi connectivity index (χ1v) is 5.48. The summed E-state index contributed by atoms with van der Waals surface area (Å²) < 4.78 is 6.16. The minimum atomic E-state index is 0.753. The first-order chi connectivity index (χ1) is 6.75. The molecule has 1 N–H and O–H groups in total. The Hall–Kier alpha value is -0.380. The molecule has 0 bridgehead atoms.